The zero-order valence-electron chi connectivity index (χ0n) is 10.4. The van der Waals surface area contributed by atoms with Crippen LogP contribution < -0.4 is 0 Å². The van der Waals surface area contributed by atoms with E-state index in [1.165, 1.54) is 0 Å². The van der Waals surface area contributed by atoms with Crippen LogP contribution in [0.3, 0.4) is 0 Å². The first-order valence-corrected chi connectivity index (χ1v) is 5.57. The van der Waals surface area contributed by atoms with Crippen molar-refractivity contribution in [3.8, 4) is 0 Å². The number of aliphatic hydroxyl groups excluding tert-OH is 1. The number of hydrogen-bond acceptors (Lipinski definition) is 5. The highest BCUT2D eigenvalue weighted by atomic mass is 16.5. The van der Waals surface area contributed by atoms with Crippen molar-refractivity contribution in [3.63, 3.8) is 0 Å². The smallest absolute Gasteiger partial charge is 0.320 e. The van der Waals surface area contributed by atoms with Gasteiger partial charge in [-0.3, -0.25) is 9.59 Å². The Bertz CT molecular complexity index is 250. The Labute approximate surface area is 101 Å². The summed E-state index contributed by atoms with van der Waals surface area (Å²) < 4.78 is 9.75. The lowest BCUT2D eigenvalue weighted by atomic mass is 10.0. The maximum atomic E-state index is 11.3. The molecule has 0 radical (unpaired) electrons. The summed E-state index contributed by atoms with van der Waals surface area (Å²) in [6, 6.07) is 0. The van der Waals surface area contributed by atoms with Gasteiger partial charge in [0.25, 0.3) is 0 Å². The molecule has 0 saturated carbocycles. The Hall–Kier alpha value is -1.14. The van der Waals surface area contributed by atoms with E-state index >= 15 is 0 Å². The minimum absolute atomic E-state index is 0.000845. The van der Waals surface area contributed by atoms with Crippen LogP contribution in [0, 0.1) is 5.92 Å². The molecule has 0 saturated heterocycles. The predicted octanol–water partition coefficient (Wildman–Crippen LogP) is 0.426. The number of esters is 1. The number of aliphatic hydroxyl groups is 1. The first kappa shape index (κ1) is 15.9. The second-order valence-electron chi connectivity index (χ2n) is 3.91. The van der Waals surface area contributed by atoms with Gasteiger partial charge in [0.2, 0.25) is 0 Å². The summed E-state index contributed by atoms with van der Waals surface area (Å²) in [7, 11) is 0. The zero-order valence-corrected chi connectivity index (χ0v) is 10.4. The molecule has 0 spiro atoms. The monoisotopic (exact) mass is 248 g/mol. The molecule has 6 nitrogen and oxygen atoms in total. The molecule has 0 aliphatic carbocycles. The van der Waals surface area contributed by atoms with E-state index in [-0.39, 0.29) is 25.7 Å². The Kier molecular flexibility index (Phi) is 7.49. The molecule has 0 aromatic heterocycles. The van der Waals surface area contributed by atoms with Gasteiger partial charge in [0, 0.05) is 0 Å². The van der Waals surface area contributed by atoms with Gasteiger partial charge in [-0.05, 0) is 27.2 Å². The van der Waals surface area contributed by atoms with Gasteiger partial charge in [-0.15, -0.1) is 0 Å². The van der Waals surface area contributed by atoms with Gasteiger partial charge in [-0.25, -0.2) is 0 Å². The molecule has 0 aromatic rings. The van der Waals surface area contributed by atoms with Gasteiger partial charge in [0.05, 0.1) is 25.4 Å². The van der Waals surface area contributed by atoms with Gasteiger partial charge < -0.3 is 19.7 Å². The van der Waals surface area contributed by atoms with E-state index < -0.39 is 24.0 Å². The number of rotatable bonds is 8. The fraction of sp³-hybridized carbons (Fsp3) is 0.818. The van der Waals surface area contributed by atoms with Crippen LogP contribution in [0.15, 0.2) is 0 Å². The summed E-state index contributed by atoms with van der Waals surface area (Å²) in [6.07, 6.45) is -1.26. The van der Waals surface area contributed by atoms with Gasteiger partial charge in [-0.1, -0.05) is 0 Å². The second kappa shape index (κ2) is 8.03. The molecule has 0 fully saturated rings. The SMILES string of the molecule is CCOC(=O)C(CC(O)COC(C)C)C(=O)O. The molecule has 0 rings (SSSR count). The third kappa shape index (κ3) is 6.91. The first-order chi connectivity index (χ1) is 7.88. The van der Waals surface area contributed by atoms with Crippen LogP contribution >= 0.6 is 0 Å². The summed E-state index contributed by atoms with van der Waals surface area (Å²) in [4.78, 5) is 22.1. The van der Waals surface area contributed by atoms with Crippen LogP contribution in [-0.2, 0) is 19.1 Å². The molecule has 2 N–H and O–H groups in total. The Morgan fingerprint density at radius 1 is 1.29 bits per heavy atom. The van der Waals surface area contributed by atoms with E-state index in [1.807, 2.05) is 0 Å². The normalized spacial score (nSPS) is 14.4. The number of carbonyl (C=O) groups is 2. The van der Waals surface area contributed by atoms with E-state index in [1.54, 1.807) is 20.8 Å². The number of carboxylic acids is 1. The number of hydrogen-bond donors (Lipinski definition) is 2. The minimum Gasteiger partial charge on any atom is -0.481 e. The maximum Gasteiger partial charge on any atom is 0.320 e. The molecule has 0 aromatic carbocycles. The van der Waals surface area contributed by atoms with Gasteiger partial charge in [-0.2, -0.15) is 0 Å². The quantitative estimate of drug-likeness (QED) is 0.478. The molecule has 0 heterocycles. The van der Waals surface area contributed by atoms with Crippen LogP contribution in [0.2, 0.25) is 0 Å². The second-order valence-corrected chi connectivity index (χ2v) is 3.91. The largest absolute Gasteiger partial charge is 0.481 e. The third-order valence-electron chi connectivity index (χ3n) is 2.00. The highest BCUT2D eigenvalue weighted by molar-refractivity contribution is 5.93. The summed E-state index contributed by atoms with van der Waals surface area (Å²) in [5.74, 6) is -3.48. The van der Waals surface area contributed by atoms with E-state index in [0.29, 0.717) is 0 Å². The zero-order chi connectivity index (χ0) is 13.4. The number of ether oxygens (including phenoxy) is 2. The standard InChI is InChI=1S/C11H20O6/c1-4-16-11(15)9(10(13)14)5-8(12)6-17-7(2)3/h7-9,12H,4-6H2,1-3H3,(H,13,14). The predicted molar refractivity (Wildman–Crippen MR) is 59.5 cm³/mol. The average molecular weight is 248 g/mol. The number of aliphatic carboxylic acids is 1. The topological polar surface area (TPSA) is 93.1 Å². The highest BCUT2D eigenvalue weighted by Gasteiger charge is 2.30. The Balaban J connectivity index is 4.25. The van der Waals surface area contributed by atoms with E-state index in [4.69, 9.17) is 9.84 Å². The molecular formula is C11H20O6. The lowest BCUT2D eigenvalue weighted by molar-refractivity contribution is -0.160. The molecule has 0 aliphatic rings. The molecule has 0 amide bonds. The average Bonchev–Trinajstić information content (AvgIpc) is 2.22. The fourth-order valence-electron chi connectivity index (χ4n) is 1.18. The molecular weight excluding hydrogens is 228 g/mol. The van der Waals surface area contributed by atoms with E-state index in [0.717, 1.165) is 0 Å². The van der Waals surface area contributed by atoms with Crippen molar-refractivity contribution in [1.82, 2.24) is 0 Å². The molecule has 2 unspecified atom stereocenters. The van der Waals surface area contributed by atoms with Crippen molar-refractivity contribution in [2.75, 3.05) is 13.2 Å². The lowest BCUT2D eigenvalue weighted by Gasteiger charge is -2.17. The third-order valence-corrected chi connectivity index (χ3v) is 2.00. The highest BCUT2D eigenvalue weighted by Crippen LogP contribution is 2.11. The lowest BCUT2D eigenvalue weighted by Crippen LogP contribution is -2.32. The van der Waals surface area contributed by atoms with Crippen LogP contribution in [0.5, 0.6) is 0 Å². The molecule has 100 valence electrons. The number of carbonyl (C=O) groups excluding carboxylic acids is 1. The summed E-state index contributed by atoms with van der Waals surface area (Å²) >= 11 is 0. The van der Waals surface area contributed by atoms with Crippen LogP contribution in [0.4, 0.5) is 0 Å². The van der Waals surface area contributed by atoms with Gasteiger partial charge >= 0.3 is 11.9 Å². The van der Waals surface area contributed by atoms with Crippen molar-refractivity contribution >= 4 is 11.9 Å². The fourth-order valence-corrected chi connectivity index (χ4v) is 1.18. The van der Waals surface area contributed by atoms with Crippen molar-refractivity contribution < 1.29 is 29.3 Å². The van der Waals surface area contributed by atoms with Gasteiger partial charge in [0.15, 0.2) is 5.92 Å². The molecule has 6 heteroatoms. The summed E-state index contributed by atoms with van der Waals surface area (Å²) in [6.45, 7) is 5.30. The maximum absolute atomic E-state index is 11.3. The number of carboxylic acid groups (broad SMARTS) is 1. The van der Waals surface area contributed by atoms with Crippen molar-refractivity contribution in [3.05, 3.63) is 0 Å². The van der Waals surface area contributed by atoms with Crippen molar-refractivity contribution in [2.45, 2.75) is 39.4 Å². The minimum atomic E-state index is -1.35. The van der Waals surface area contributed by atoms with Crippen LogP contribution in [-0.4, -0.2) is 47.6 Å². The summed E-state index contributed by atoms with van der Waals surface area (Å²) in [5.41, 5.74) is 0. The molecule has 0 bridgehead atoms. The van der Waals surface area contributed by atoms with E-state index in [9.17, 15) is 14.7 Å². The Morgan fingerprint density at radius 2 is 1.88 bits per heavy atom. The first-order valence-electron chi connectivity index (χ1n) is 5.57. The molecule has 2 atom stereocenters. The van der Waals surface area contributed by atoms with Crippen LogP contribution in [0.1, 0.15) is 27.2 Å². The van der Waals surface area contributed by atoms with Crippen molar-refractivity contribution in [1.29, 1.82) is 0 Å². The molecule has 0 aliphatic heterocycles. The van der Waals surface area contributed by atoms with Crippen molar-refractivity contribution in [2.24, 2.45) is 5.92 Å². The Morgan fingerprint density at radius 3 is 2.29 bits per heavy atom. The van der Waals surface area contributed by atoms with Crippen LogP contribution in [0.25, 0.3) is 0 Å². The molecule has 17 heavy (non-hydrogen) atoms. The van der Waals surface area contributed by atoms with E-state index in [2.05, 4.69) is 4.74 Å². The summed E-state index contributed by atoms with van der Waals surface area (Å²) in [5, 5.41) is 18.4. The van der Waals surface area contributed by atoms with Gasteiger partial charge in [0.1, 0.15) is 0 Å².